The molecule has 0 aliphatic heterocycles. The fourth-order valence-corrected chi connectivity index (χ4v) is 2.68. The van der Waals surface area contributed by atoms with Crippen LogP contribution in [-0.2, 0) is 0 Å². The highest BCUT2D eigenvalue weighted by Crippen LogP contribution is 2.27. The predicted octanol–water partition coefficient (Wildman–Crippen LogP) is 3.08. The van der Waals surface area contributed by atoms with E-state index in [1.54, 1.807) is 0 Å². The molecule has 0 atom stereocenters. The van der Waals surface area contributed by atoms with Gasteiger partial charge in [-0.25, -0.2) is 0 Å². The van der Waals surface area contributed by atoms with Gasteiger partial charge in [-0.1, -0.05) is 54.9 Å². The van der Waals surface area contributed by atoms with Gasteiger partial charge in [-0.15, -0.1) is 0 Å². The zero-order chi connectivity index (χ0) is 13.4. The van der Waals surface area contributed by atoms with Crippen molar-refractivity contribution in [2.45, 2.75) is 13.8 Å². The van der Waals surface area contributed by atoms with E-state index >= 15 is 0 Å². The fourth-order valence-electron chi connectivity index (χ4n) is 1.73. The lowest BCUT2D eigenvalue weighted by Gasteiger charge is -2.12. The Labute approximate surface area is 127 Å². The summed E-state index contributed by atoms with van der Waals surface area (Å²) in [5.74, 6) is 0. The van der Waals surface area contributed by atoms with Gasteiger partial charge in [0.15, 0.2) is 0 Å². The smallest absolute Gasteiger partial charge is 0.0921 e. The first kappa shape index (κ1) is 13.9. The van der Waals surface area contributed by atoms with Crippen molar-refractivity contribution in [3.63, 3.8) is 0 Å². The first-order valence-corrected chi connectivity index (χ1v) is 7.10. The van der Waals surface area contributed by atoms with Gasteiger partial charge in [-0.05, 0) is 48.2 Å². The average Bonchev–Trinajstić information content (AvgIpc) is 2.31. The summed E-state index contributed by atoms with van der Waals surface area (Å²) in [6, 6.07) is 8.05. The minimum Gasteiger partial charge on any atom is -0.0921 e. The van der Waals surface area contributed by atoms with Crippen molar-refractivity contribution >= 4 is 58.5 Å². The Morgan fingerprint density at radius 2 is 1.06 bits per heavy atom. The van der Waals surface area contributed by atoms with Crippen molar-refractivity contribution in [2.24, 2.45) is 0 Å². The number of hydrogen-bond donors (Lipinski definition) is 0. The third-order valence-electron chi connectivity index (χ3n) is 3.10. The molecule has 0 spiro atoms. The standard InChI is InChI=1S/C14H10B2Br2/c1-7-11(15)3-9(5-13(7)17)10-4-12(16)8(2)14(18)6-10/h3-6H,1-2H3. The molecule has 0 heterocycles. The van der Waals surface area contributed by atoms with Crippen LogP contribution >= 0.6 is 31.9 Å². The van der Waals surface area contributed by atoms with Crippen LogP contribution in [0.25, 0.3) is 11.1 Å². The molecule has 0 nitrogen and oxygen atoms in total. The lowest BCUT2D eigenvalue weighted by Crippen LogP contribution is -2.10. The SMILES string of the molecule is [B]c1cc(-c2cc([B])c(C)c(Br)c2)cc(Br)c1C. The topological polar surface area (TPSA) is 0 Å². The molecule has 0 aromatic heterocycles. The summed E-state index contributed by atoms with van der Waals surface area (Å²) in [6.45, 7) is 3.98. The highest BCUT2D eigenvalue weighted by molar-refractivity contribution is 9.10. The molecule has 0 saturated heterocycles. The average molecular weight is 360 g/mol. The Morgan fingerprint density at radius 1 is 0.722 bits per heavy atom. The van der Waals surface area contributed by atoms with Crippen LogP contribution in [0, 0.1) is 13.8 Å². The van der Waals surface area contributed by atoms with Gasteiger partial charge in [0.2, 0.25) is 0 Å². The van der Waals surface area contributed by atoms with Crippen LogP contribution in [0.3, 0.4) is 0 Å². The molecule has 0 amide bonds. The van der Waals surface area contributed by atoms with Crippen LogP contribution in [0.5, 0.6) is 0 Å². The Morgan fingerprint density at radius 3 is 1.33 bits per heavy atom. The molecule has 2 aromatic rings. The van der Waals surface area contributed by atoms with Crippen LogP contribution in [0.2, 0.25) is 0 Å². The summed E-state index contributed by atoms with van der Waals surface area (Å²) in [6.07, 6.45) is 0. The van der Waals surface area contributed by atoms with E-state index in [2.05, 4.69) is 44.0 Å². The van der Waals surface area contributed by atoms with Crippen molar-refractivity contribution in [1.29, 1.82) is 0 Å². The second kappa shape index (κ2) is 5.26. The number of hydrogen-bond acceptors (Lipinski definition) is 0. The molecule has 18 heavy (non-hydrogen) atoms. The summed E-state index contributed by atoms with van der Waals surface area (Å²) < 4.78 is 2.01. The number of benzene rings is 2. The number of halogens is 2. The van der Waals surface area contributed by atoms with Gasteiger partial charge >= 0.3 is 0 Å². The van der Waals surface area contributed by atoms with E-state index in [0.29, 0.717) is 0 Å². The maximum atomic E-state index is 5.99. The van der Waals surface area contributed by atoms with Gasteiger partial charge in [-0.2, -0.15) is 0 Å². The molecule has 2 aromatic carbocycles. The van der Waals surface area contributed by atoms with Crippen molar-refractivity contribution in [3.8, 4) is 11.1 Å². The molecular weight excluding hydrogens is 350 g/mol. The van der Waals surface area contributed by atoms with Gasteiger partial charge in [0, 0.05) is 8.95 Å². The third-order valence-corrected chi connectivity index (χ3v) is 4.75. The van der Waals surface area contributed by atoms with Crippen molar-refractivity contribution in [1.82, 2.24) is 0 Å². The maximum Gasteiger partial charge on any atom is 0.114 e. The summed E-state index contributed by atoms with van der Waals surface area (Å²) in [7, 11) is 12.0. The van der Waals surface area contributed by atoms with E-state index in [1.165, 1.54) is 0 Å². The van der Waals surface area contributed by atoms with E-state index in [1.807, 2.05) is 26.0 Å². The Kier molecular flexibility index (Phi) is 4.08. The first-order valence-electron chi connectivity index (χ1n) is 5.51. The fraction of sp³-hybridized carbons (Fsp3) is 0.143. The van der Waals surface area contributed by atoms with Crippen LogP contribution in [0.4, 0.5) is 0 Å². The van der Waals surface area contributed by atoms with E-state index < -0.39 is 0 Å². The molecule has 2 rings (SSSR count). The molecule has 0 aliphatic carbocycles. The van der Waals surface area contributed by atoms with E-state index in [0.717, 1.165) is 42.1 Å². The van der Waals surface area contributed by atoms with Gasteiger partial charge < -0.3 is 0 Å². The molecule has 0 unspecified atom stereocenters. The highest BCUT2D eigenvalue weighted by atomic mass is 79.9. The van der Waals surface area contributed by atoms with Gasteiger partial charge in [0.05, 0.1) is 0 Å². The van der Waals surface area contributed by atoms with E-state index in [9.17, 15) is 0 Å². The normalized spacial score (nSPS) is 10.7. The Hall–Kier alpha value is -0.470. The zero-order valence-corrected chi connectivity index (χ0v) is 13.4. The first-order chi connectivity index (χ1) is 8.40. The van der Waals surface area contributed by atoms with Gasteiger partial charge in [-0.3, -0.25) is 0 Å². The van der Waals surface area contributed by atoms with Crippen LogP contribution in [-0.4, -0.2) is 15.7 Å². The van der Waals surface area contributed by atoms with Crippen molar-refractivity contribution in [2.75, 3.05) is 0 Å². The molecule has 4 heteroatoms. The zero-order valence-electron chi connectivity index (χ0n) is 10.2. The van der Waals surface area contributed by atoms with Crippen molar-refractivity contribution < 1.29 is 0 Å². The second-order valence-corrected chi connectivity index (χ2v) is 6.05. The lowest BCUT2D eigenvalue weighted by atomic mass is 9.85. The molecular formula is C14H10B2Br2. The summed E-state index contributed by atoms with van der Waals surface area (Å²) in [5, 5.41) is 0. The minimum atomic E-state index is 0.773. The lowest BCUT2D eigenvalue weighted by molar-refractivity contribution is 1.44. The van der Waals surface area contributed by atoms with Gasteiger partial charge in [0.25, 0.3) is 0 Å². The molecule has 0 aliphatic rings. The highest BCUT2D eigenvalue weighted by Gasteiger charge is 2.07. The Bertz CT molecular complexity index is 520. The van der Waals surface area contributed by atoms with E-state index in [-0.39, 0.29) is 0 Å². The van der Waals surface area contributed by atoms with Crippen molar-refractivity contribution in [3.05, 3.63) is 44.3 Å². The monoisotopic (exact) mass is 358 g/mol. The largest absolute Gasteiger partial charge is 0.114 e. The quantitative estimate of drug-likeness (QED) is 0.687. The third kappa shape index (κ3) is 2.60. The molecule has 86 valence electrons. The molecule has 0 fully saturated rings. The summed E-state index contributed by atoms with van der Waals surface area (Å²) in [5.41, 5.74) is 5.76. The van der Waals surface area contributed by atoms with Gasteiger partial charge in [0.1, 0.15) is 15.7 Å². The molecule has 4 radical (unpaired) electrons. The minimum absolute atomic E-state index is 0.773. The van der Waals surface area contributed by atoms with Crippen LogP contribution in [0.1, 0.15) is 11.1 Å². The maximum absolute atomic E-state index is 5.99. The van der Waals surface area contributed by atoms with Crippen LogP contribution in [0.15, 0.2) is 33.2 Å². The molecule has 0 bridgehead atoms. The van der Waals surface area contributed by atoms with Crippen LogP contribution < -0.4 is 10.9 Å². The summed E-state index contributed by atoms with van der Waals surface area (Å²) >= 11 is 7.05. The molecule has 0 saturated carbocycles. The predicted molar refractivity (Wildman–Crippen MR) is 87.5 cm³/mol. The van der Waals surface area contributed by atoms with E-state index in [4.69, 9.17) is 15.7 Å². The molecule has 0 N–H and O–H groups in total. The Balaban J connectivity index is 2.63. The number of rotatable bonds is 1. The summed E-state index contributed by atoms with van der Waals surface area (Å²) in [4.78, 5) is 0. The second-order valence-electron chi connectivity index (χ2n) is 4.34.